The zero-order valence-corrected chi connectivity index (χ0v) is 48.1. The molecule has 5 heterocycles. The Bertz CT molecular complexity index is 5400. The maximum Gasteiger partial charge on any atom is 0.0717 e. The summed E-state index contributed by atoms with van der Waals surface area (Å²) in [5.74, 6) is 0. The van der Waals surface area contributed by atoms with E-state index in [1.54, 1.807) is 0 Å². The maximum atomic E-state index is 5.83. The number of benzene rings is 12. The van der Waals surface area contributed by atoms with E-state index in [1.165, 1.54) is 87.7 Å². The molecule has 0 atom stereocenters. The molecule has 0 saturated heterocycles. The Morgan fingerprint density at radius 2 is 0.580 bits per heavy atom. The molecule has 5 heteroatoms. The number of nitrogens with zero attached hydrogens (tertiary/aromatic N) is 5. The van der Waals surface area contributed by atoms with Crippen molar-refractivity contribution in [3.05, 3.63) is 315 Å². The first kappa shape index (κ1) is 49.9. The van der Waals surface area contributed by atoms with Gasteiger partial charge >= 0.3 is 0 Å². The van der Waals surface area contributed by atoms with E-state index < -0.39 is 0 Å². The summed E-state index contributed by atoms with van der Waals surface area (Å²) in [6, 6.07) is 109. The molecule has 0 bridgehead atoms. The summed E-state index contributed by atoms with van der Waals surface area (Å²) in [6.07, 6.45) is 6.69. The summed E-state index contributed by atoms with van der Waals surface area (Å²) >= 11 is 0. The highest BCUT2D eigenvalue weighted by Gasteiger charge is 2.23. The monoisotopic (exact) mass is 1120 g/mol. The highest BCUT2D eigenvalue weighted by molar-refractivity contribution is 6.12. The third kappa shape index (κ3) is 7.98. The highest BCUT2D eigenvalue weighted by atomic mass is 15.0. The first-order valence-corrected chi connectivity index (χ1v) is 30.5. The van der Waals surface area contributed by atoms with E-state index >= 15 is 0 Å². The number of hydrogen-bond donors (Lipinski definition) is 0. The molecule has 0 aliphatic heterocycles. The lowest BCUT2D eigenvalue weighted by Crippen LogP contribution is -2.03. The number of rotatable bonds is 9. The quantitative estimate of drug-likeness (QED) is 0.142. The second kappa shape index (κ2) is 20.1. The molecule has 0 fully saturated rings. The lowest BCUT2D eigenvalue weighted by molar-refractivity contribution is 0.966. The van der Waals surface area contributed by atoms with Gasteiger partial charge in [0.25, 0.3) is 0 Å². The van der Waals surface area contributed by atoms with Crippen molar-refractivity contribution in [1.29, 1.82) is 0 Å². The summed E-state index contributed by atoms with van der Waals surface area (Å²) in [5.41, 5.74) is 25.7. The number of aromatic nitrogens is 5. The molecule has 0 spiro atoms. The molecular weight excluding hydrogens is 1070 g/mol. The molecular formula is C83H55N5. The number of fused-ring (bicyclic) bond motifs is 12. The van der Waals surface area contributed by atoms with Crippen molar-refractivity contribution in [2.45, 2.75) is 12.8 Å². The maximum absolute atomic E-state index is 5.83. The minimum atomic E-state index is 0.886. The molecule has 88 heavy (non-hydrogen) atoms. The van der Waals surface area contributed by atoms with Gasteiger partial charge in [0, 0.05) is 77.3 Å². The third-order valence-corrected chi connectivity index (χ3v) is 18.4. The Morgan fingerprint density at radius 1 is 0.239 bits per heavy atom. The lowest BCUT2D eigenvalue weighted by Gasteiger charge is -2.18. The van der Waals surface area contributed by atoms with Gasteiger partial charge < -0.3 is 18.3 Å². The van der Waals surface area contributed by atoms with Crippen LogP contribution in [0.4, 0.5) is 0 Å². The van der Waals surface area contributed by atoms with Crippen LogP contribution in [0.25, 0.3) is 161 Å². The van der Waals surface area contributed by atoms with Crippen LogP contribution in [0.2, 0.25) is 0 Å². The van der Waals surface area contributed by atoms with Gasteiger partial charge in [0.2, 0.25) is 0 Å². The topological polar surface area (TPSA) is 32.6 Å². The van der Waals surface area contributed by atoms with Crippen molar-refractivity contribution in [3.63, 3.8) is 0 Å². The third-order valence-electron chi connectivity index (χ3n) is 18.4. The fourth-order valence-electron chi connectivity index (χ4n) is 14.4. The minimum absolute atomic E-state index is 0.886. The van der Waals surface area contributed by atoms with E-state index in [9.17, 15) is 0 Å². The molecule has 18 rings (SSSR count). The molecule has 0 radical (unpaired) electrons. The number of aryl methyl sites for hydroxylation is 1. The van der Waals surface area contributed by atoms with Crippen LogP contribution in [-0.4, -0.2) is 23.3 Å². The highest BCUT2D eigenvalue weighted by Crippen LogP contribution is 2.43. The minimum Gasteiger partial charge on any atom is -0.309 e. The molecule has 0 amide bonds. The molecule has 412 valence electrons. The van der Waals surface area contributed by atoms with Gasteiger partial charge in [0.1, 0.15) is 0 Å². The van der Waals surface area contributed by atoms with E-state index in [0.717, 1.165) is 91.4 Å². The Labute approximate surface area is 508 Å². The Balaban J connectivity index is 0.870. The van der Waals surface area contributed by atoms with Crippen molar-refractivity contribution >= 4 is 82.4 Å². The van der Waals surface area contributed by atoms with Gasteiger partial charge in [-0.15, -0.1) is 0 Å². The Morgan fingerprint density at radius 3 is 1.06 bits per heavy atom. The SMILES string of the molecule is C1=Cc2c(c3ccccc3n2-c2cc(-c3cc(-c4ccc(-c5ccccc5)cc4)cc(-c4cccc(-c5cc(-n6c7ccccc7c7ccccc76)cc(-n6c7ccccc7c7ccccc76)c5)c4)n3)cc(-n3c4ccccc4c4ccccc43)c2)CC1. The molecule has 0 unspecified atom stereocenters. The standard InChI is InChI=1S/C83H55N5/c1-2-21-54(22-3-1)55-41-43-56(44-42-55)60-50-74(84-75(51-60)61-48-64(87-80-37-16-8-29-70(80)71-30-9-17-38-81(71)87)53-65(49-61)88-82-39-18-10-31-72(82)73-32-11-19-40-83(73)88)58-24-20-23-57(45-58)59-46-62(85-76-33-12-4-25-66(76)67-26-5-13-34-77(67)85)52-63(47-59)86-78-35-14-6-27-68(78)69-28-7-15-36-79(69)86/h1-10,12-31,33-53H,11,32H2. The van der Waals surface area contributed by atoms with E-state index in [4.69, 9.17) is 4.98 Å². The molecule has 1 aliphatic rings. The fraction of sp³-hybridized carbons (Fsp3) is 0.0241. The zero-order valence-electron chi connectivity index (χ0n) is 48.1. The molecule has 0 saturated carbocycles. The van der Waals surface area contributed by atoms with Crippen LogP contribution >= 0.6 is 0 Å². The summed E-state index contributed by atoms with van der Waals surface area (Å²) in [4.78, 5) is 5.83. The van der Waals surface area contributed by atoms with Crippen LogP contribution in [0, 0.1) is 0 Å². The first-order chi connectivity index (χ1) is 43.6. The average Bonchev–Trinajstić information content (AvgIpc) is 1.80. The van der Waals surface area contributed by atoms with Crippen LogP contribution in [0.3, 0.4) is 0 Å². The van der Waals surface area contributed by atoms with Crippen molar-refractivity contribution < 1.29 is 0 Å². The fourth-order valence-corrected chi connectivity index (χ4v) is 14.4. The van der Waals surface area contributed by atoms with E-state index in [1.807, 2.05) is 0 Å². The Hall–Kier alpha value is -11.5. The van der Waals surface area contributed by atoms with Crippen LogP contribution in [0.15, 0.2) is 303 Å². The second-order valence-electron chi connectivity index (χ2n) is 23.4. The molecule has 1 aliphatic carbocycles. The average molecular weight is 1120 g/mol. The molecule has 12 aromatic carbocycles. The Kier molecular flexibility index (Phi) is 11.4. The van der Waals surface area contributed by atoms with Crippen LogP contribution < -0.4 is 0 Å². The van der Waals surface area contributed by atoms with E-state index in [-0.39, 0.29) is 0 Å². The van der Waals surface area contributed by atoms with Crippen LogP contribution in [-0.2, 0) is 6.42 Å². The van der Waals surface area contributed by atoms with Gasteiger partial charge in [-0.3, -0.25) is 0 Å². The number of para-hydroxylation sites is 7. The predicted molar refractivity (Wildman–Crippen MR) is 369 cm³/mol. The van der Waals surface area contributed by atoms with Gasteiger partial charge in [-0.05, 0) is 155 Å². The summed E-state index contributed by atoms with van der Waals surface area (Å²) < 4.78 is 9.82. The molecule has 0 N–H and O–H groups in total. The summed E-state index contributed by atoms with van der Waals surface area (Å²) in [5, 5.41) is 8.66. The van der Waals surface area contributed by atoms with Crippen molar-refractivity contribution in [2.75, 3.05) is 0 Å². The predicted octanol–water partition coefficient (Wildman–Crippen LogP) is 21.6. The van der Waals surface area contributed by atoms with Gasteiger partial charge in [-0.2, -0.15) is 0 Å². The van der Waals surface area contributed by atoms with E-state index in [0.29, 0.717) is 0 Å². The van der Waals surface area contributed by atoms with Crippen molar-refractivity contribution in [1.82, 2.24) is 23.3 Å². The molecule has 17 aromatic rings. The van der Waals surface area contributed by atoms with E-state index in [2.05, 4.69) is 328 Å². The normalized spacial score (nSPS) is 12.4. The van der Waals surface area contributed by atoms with Gasteiger partial charge in [-0.25, -0.2) is 4.98 Å². The second-order valence-corrected chi connectivity index (χ2v) is 23.4. The van der Waals surface area contributed by atoms with Crippen molar-refractivity contribution in [3.8, 4) is 78.6 Å². The summed E-state index contributed by atoms with van der Waals surface area (Å²) in [6.45, 7) is 0. The van der Waals surface area contributed by atoms with Gasteiger partial charge in [0.15, 0.2) is 0 Å². The van der Waals surface area contributed by atoms with Crippen molar-refractivity contribution in [2.24, 2.45) is 0 Å². The zero-order chi connectivity index (χ0) is 57.8. The lowest BCUT2D eigenvalue weighted by atomic mass is 9.96. The molecule has 5 aromatic heterocycles. The first-order valence-electron chi connectivity index (χ1n) is 30.5. The summed E-state index contributed by atoms with van der Waals surface area (Å²) in [7, 11) is 0. The van der Waals surface area contributed by atoms with Crippen LogP contribution in [0.5, 0.6) is 0 Å². The molecule has 5 nitrogen and oxygen atoms in total. The van der Waals surface area contributed by atoms with Gasteiger partial charge in [0.05, 0.1) is 50.0 Å². The van der Waals surface area contributed by atoms with Gasteiger partial charge in [-0.1, -0.05) is 206 Å². The smallest absolute Gasteiger partial charge is 0.0717 e. The van der Waals surface area contributed by atoms with Crippen LogP contribution in [0.1, 0.15) is 17.7 Å². The number of pyridine rings is 1. The number of allylic oxidation sites excluding steroid dienone is 1. The number of hydrogen-bond acceptors (Lipinski definition) is 1. The largest absolute Gasteiger partial charge is 0.309 e.